The molecule has 0 aliphatic heterocycles. The molecule has 0 saturated heterocycles. The molecule has 0 bridgehead atoms. The Bertz CT molecular complexity index is 170. The molecule has 1 fully saturated rings. The molecule has 1 aliphatic rings. The van der Waals surface area contributed by atoms with Gasteiger partial charge in [-0.1, -0.05) is 6.58 Å². The van der Waals surface area contributed by atoms with Gasteiger partial charge in [0.15, 0.2) is 0 Å². The predicted molar refractivity (Wildman–Crippen MR) is 49.6 cm³/mol. The van der Waals surface area contributed by atoms with Crippen LogP contribution >= 0.6 is 11.6 Å². The van der Waals surface area contributed by atoms with Crippen molar-refractivity contribution in [3.05, 3.63) is 12.2 Å². The molecule has 0 aromatic rings. The topological polar surface area (TPSA) is 18.5 Å². The van der Waals surface area contributed by atoms with Crippen molar-refractivity contribution in [1.82, 2.24) is 0 Å². The van der Waals surface area contributed by atoms with Crippen LogP contribution in [0.5, 0.6) is 0 Å². The molecule has 1 rings (SSSR count). The van der Waals surface area contributed by atoms with E-state index in [0.29, 0.717) is 0 Å². The molecule has 0 heterocycles. The zero-order valence-corrected chi connectivity index (χ0v) is 8.30. The van der Waals surface area contributed by atoms with Gasteiger partial charge in [0.05, 0.1) is 17.6 Å². The average molecular weight is 191 g/mol. The smallest absolute Gasteiger partial charge is 0.0794 e. The van der Waals surface area contributed by atoms with Crippen molar-refractivity contribution < 1.29 is 9.47 Å². The van der Waals surface area contributed by atoms with E-state index < -0.39 is 0 Å². The van der Waals surface area contributed by atoms with Gasteiger partial charge in [-0.3, -0.25) is 0 Å². The average Bonchev–Trinajstić information content (AvgIpc) is 2.08. The van der Waals surface area contributed by atoms with E-state index in [0.717, 1.165) is 18.4 Å². The quantitative estimate of drug-likeness (QED) is 0.490. The van der Waals surface area contributed by atoms with Crippen LogP contribution in [-0.2, 0) is 9.47 Å². The van der Waals surface area contributed by atoms with E-state index in [2.05, 4.69) is 6.58 Å². The van der Waals surface area contributed by atoms with Crippen LogP contribution in [0.15, 0.2) is 12.2 Å². The normalized spacial score (nSPS) is 36.9. The number of halogens is 1. The third-order valence-corrected chi connectivity index (χ3v) is 2.81. The van der Waals surface area contributed by atoms with Crippen molar-refractivity contribution in [3.63, 3.8) is 0 Å². The molecule has 0 aromatic heterocycles. The molecular weight excluding hydrogens is 176 g/mol. The van der Waals surface area contributed by atoms with E-state index in [1.807, 2.05) is 0 Å². The Morgan fingerprint density at radius 3 is 2.58 bits per heavy atom. The lowest BCUT2D eigenvalue weighted by molar-refractivity contribution is 0.0399. The molecular formula is C9H15ClO2. The second-order valence-corrected chi connectivity index (χ2v) is 3.67. The first kappa shape index (κ1) is 10.0. The summed E-state index contributed by atoms with van der Waals surface area (Å²) < 4.78 is 10.4. The Hall–Kier alpha value is -0.0500. The van der Waals surface area contributed by atoms with Gasteiger partial charge in [-0.15, -0.1) is 11.6 Å². The van der Waals surface area contributed by atoms with E-state index in [9.17, 15) is 0 Å². The van der Waals surface area contributed by atoms with Crippen molar-refractivity contribution >= 4 is 11.6 Å². The summed E-state index contributed by atoms with van der Waals surface area (Å²) in [5.41, 5.74) is 1.08. The minimum atomic E-state index is 0.0467. The van der Waals surface area contributed by atoms with Gasteiger partial charge in [-0.2, -0.15) is 0 Å². The minimum absolute atomic E-state index is 0.0467. The van der Waals surface area contributed by atoms with Crippen LogP contribution in [0, 0.1) is 0 Å². The highest BCUT2D eigenvalue weighted by Gasteiger charge is 2.31. The second-order valence-electron chi connectivity index (χ2n) is 3.11. The molecule has 0 spiro atoms. The highest BCUT2D eigenvalue weighted by molar-refractivity contribution is 6.21. The van der Waals surface area contributed by atoms with Gasteiger partial charge >= 0.3 is 0 Å². The van der Waals surface area contributed by atoms with Gasteiger partial charge in [0.25, 0.3) is 0 Å². The number of rotatable bonds is 2. The maximum Gasteiger partial charge on any atom is 0.0794 e. The molecule has 1 aliphatic carbocycles. The summed E-state index contributed by atoms with van der Waals surface area (Å²) in [4.78, 5) is 0. The number of hydrogen-bond donors (Lipinski definition) is 0. The third kappa shape index (κ3) is 2.00. The standard InChI is InChI=1S/C9H15ClO2/c1-6-4-9(12-3)7(10)5-8(6)11-2/h7-9H,1,4-5H2,2-3H3. The first-order valence-electron chi connectivity index (χ1n) is 4.06. The summed E-state index contributed by atoms with van der Waals surface area (Å²) in [7, 11) is 3.37. The molecule has 0 amide bonds. The third-order valence-electron chi connectivity index (χ3n) is 2.35. The van der Waals surface area contributed by atoms with Crippen molar-refractivity contribution in [2.45, 2.75) is 30.4 Å². The molecule has 0 aromatic carbocycles. The van der Waals surface area contributed by atoms with Crippen LogP contribution in [0.25, 0.3) is 0 Å². The summed E-state index contributed by atoms with van der Waals surface area (Å²) in [5.74, 6) is 0. The van der Waals surface area contributed by atoms with Crippen LogP contribution in [-0.4, -0.2) is 31.8 Å². The van der Waals surface area contributed by atoms with Crippen LogP contribution in [0.4, 0.5) is 0 Å². The molecule has 1 saturated carbocycles. The Balaban J connectivity index is 2.55. The molecule has 2 nitrogen and oxygen atoms in total. The fourth-order valence-electron chi connectivity index (χ4n) is 1.53. The summed E-state index contributed by atoms with van der Waals surface area (Å²) in [5, 5.41) is 0.0467. The van der Waals surface area contributed by atoms with Gasteiger partial charge < -0.3 is 9.47 Å². The second kappa shape index (κ2) is 4.26. The molecule has 0 N–H and O–H groups in total. The van der Waals surface area contributed by atoms with Crippen LogP contribution < -0.4 is 0 Å². The van der Waals surface area contributed by atoms with Crippen molar-refractivity contribution in [1.29, 1.82) is 0 Å². The van der Waals surface area contributed by atoms with Gasteiger partial charge in [0, 0.05) is 14.2 Å². The van der Waals surface area contributed by atoms with E-state index in [1.165, 1.54) is 0 Å². The number of hydrogen-bond acceptors (Lipinski definition) is 2. The Kier molecular flexibility index (Phi) is 3.56. The highest BCUT2D eigenvalue weighted by Crippen LogP contribution is 2.30. The first-order valence-corrected chi connectivity index (χ1v) is 4.50. The van der Waals surface area contributed by atoms with Gasteiger partial charge in [-0.05, 0) is 18.4 Å². The summed E-state index contributed by atoms with van der Waals surface area (Å²) in [6.45, 7) is 3.94. The monoisotopic (exact) mass is 190 g/mol. The van der Waals surface area contributed by atoms with Gasteiger partial charge in [-0.25, -0.2) is 0 Å². The van der Waals surface area contributed by atoms with Crippen molar-refractivity contribution in [2.24, 2.45) is 0 Å². The van der Waals surface area contributed by atoms with Crippen LogP contribution in [0.3, 0.4) is 0 Å². The zero-order chi connectivity index (χ0) is 9.14. The Morgan fingerprint density at radius 2 is 2.08 bits per heavy atom. The number of methoxy groups -OCH3 is 2. The predicted octanol–water partition coefficient (Wildman–Crippen LogP) is 1.97. The van der Waals surface area contributed by atoms with E-state index in [1.54, 1.807) is 14.2 Å². The molecule has 3 heteroatoms. The first-order chi connectivity index (χ1) is 5.69. The lowest BCUT2D eigenvalue weighted by Crippen LogP contribution is -2.36. The van der Waals surface area contributed by atoms with Gasteiger partial charge in [0.1, 0.15) is 0 Å². The Morgan fingerprint density at radius 1 is 1.42 bits per heavy atom. The SMILES string of the molecule is C=C1CC(OC)C(Cl)CC1OC. The van der Waals surface area contributed by atoms with Crippen molar-refractivity contribution in [3.8, 4) is 0 Å². The van der Waals surface area contributed by atoms with Crippen LogP contribution in [0.1, 0.15) is 12.8 Å². The number of ether oxygens (including phenoxy) is 2. The van der Waals surface area contributed by atoms with E-state index >= 15 is 0 Å². The van der Waals surface area contributed by atoms with E-state index in [4.69, 9.17) is 21.1 Å². The van der Waals surface area contributed by atoms with Crippen molar-refractivity contribution in [2.75, 3.05) is 14.2 Å². The zero-order valence-electron chi connectivity index (χ0n) is 7.55. The van der Waals surface area contributed by atoms with E-state index in [-0.39, 0.29) is 17.6 Å². The Labute approximate surface area is 78.5 Å². The fourth-order valence-corrected chi connectivity index (χ4v) is 1.89. The summed E-state index contributed by atoms with van der Waals surface area (Å²) in [6, 6.07) is 0. The molecule has 12 heavy (non-hydrogen) atoms. The lowest BCUT2D eigenvalue weighted by Gasteiger charge is -2.32. The molecule has 3 unspecified atom stereocenters. The highest BCUT2D eigenvalue weighted by atomic mass is 35.5. The maximum atomic E-state index is 6.08. The maximum absolute atomic E-state index is 6.08. The molecule has 0 radical (unpaired) electrons. The van der Waals surface area contributed by atoms with Crippen LogP contribution in [0.2, 0.25) is 0 Å². The van der Waals surface area contributed by atoms with Gasteiger partial charge in [0.2, 0.25) is 0 Å². The molecule has 70 valence electrons. The minimum Gasteiger partial charge on any atom is -0.380 e. The largest absolute Gasteiger partial charge is 0.380 e. The summed E-state index contributed by atoms with van der Waals surface area (Å²) >= 11 is 6.08. The fraction of sp³-hybridized carbons (Fsp3) is 0.778. The molecule has 3 atom stereocenters. The summed E-state index contributed by atoms with van der Waals surface area (Å²) in [6.07, 6.45) is 1.82. The lowest BCUT2D eigenvalue weighted by atomic mass is 9.90. The number of alkyl halides is 1.